The fourth-order valence-corrected chi connectivity index (χ4v) is 25.9. The molecule has 0 aromatic rings. The highest BCUT2D eigenvalue weighted by atomic mass is 19.4. The molecule has 9 saturated heterocycles. The molecule has 0 spiro atoms. The number of nitrogens with zero attached hydrogens (tertiary/aromatic N) is 10. The maximum Gasteiger partial charge on any atom is 0.393 e. The molecule has 728 valence electrons. The Labute approximate surface area is 761 Å². The summed E-state index contributed by atoms with van der Waals surface area (Å²) in [6.45, 7) is 100. The molecule has 0 aromatic carbocycles. The molecule has 0 amide bonds. The lowest BCUT2D eigenvalue weighted by Gasteiger charge is -2.37. The van der Waals surface area contributed by atoms with Gasteiger partial charge in [0.25, 0.3) is 0 Å². The van der Waals surface area contributed by atoms with Crippen molar-refractivity contribution in [3.05, 3.63) is 0 Å². The van der Waals surface area contributed by atoms with Crippen molar-refractivity contribution < 1.29 is 22.6 Å². The summed E-state index contributed by atoms with van der Waals surface area (Å²) in [6.07, 6.45) is 18.7. The SMILES string of the molecule is CC(C)C1CC[C@@H](C(C)C)N1C(C)C.CC(C)[C@@H]1C(C)CCN1C(C)C.CC(C)[C@@H]1C2CC2CN1C(C)C.CC(C)[C@@H]1CC(C(F)(F)F)CN1C(C)C.CC(C)[C@@H]1CC2CCCC2N1C(C)C.CC(C)[C@@H]1CCN(C)N1C(C)C.CCCC1CC[C@@H](C(C)C)N1C(C)C.COCC1CC[C@@H](C(C)C)N1C(C)C.COCC1C[C@@H](C(C)C)N(C(C)C)C1C. The van der Waals surface area contributed by atoms with Crippen LogP contribution in [0.1, 0.15) is 393 Å². The molecule has 0 bridgehead atoms. The number of alkyl halides is 3. The molecule has 11 fully saturated rings. The van der Waals surface area contributed by atoms with E-state index < -0.39 is 12.1 Å². The van der Waals surface area contributed by atoms with Gasteiger partial charge in [-0.25, -0.2) is 10.0 Å². The van der Waals surface area contributed by atoms with Gasteiger partial charge in [-0.05, 0) is 323 Å². The number of rotatable bonds is 25. The zero-order valence-electron chi connectivity index (χ0n) is 89.7. The number of piperidine rings is 1. The van der Waals surface area contributed by atoms with Crippen molar-refractivity contribution in [3.63, 3.8) is 0 Å². The Balaban J connectivity index is 0.000000355. The number of halogens is 3. The molecule has 20 atom stereocenters. The van der Waals surface area contributed by atoms with Crippen LogP contribution in [0.25, 0.3) is 0 Å². The molecule has 2 aliphatic carbocycles. The van der Waals surface area contributed by atoms with Crippen LogP contribution in [0.2, 0.25) is 0 Å². The summed E-state index contributed by atoms with van der Waals surface area (Å²) in [4.78, 5) is 21.0. The Bertz CT molecular complexity index is 2560. The van der Waals surface area contributed by atoms with Gasteiger partial charge in [-0.15, -0.1) is 0 Å². The van der Waals surface area contributed by atoms with Crippen molar-refractivity contribution in [2.24, 2.45) is 94.7 Å². The van der Waals surface area contributed by atoms with E-state index in [0.29, 0.717) is 48.1 Å². The second-order valence-corrected chi connectivity index (χ2v) is 47.1. The van der Waals surface area contributed by atoms with Crippen molar-refractivity contribution in [3.8, 4) is 0 Å². The van der Waals surface area contributed by atoms with E-state index in [0.717, 1.165) is 181 Å². The predicted octanol–water partition coefficient (Wildman–Crippen LogP) is 26.2. The van der Waals surface area contributed by atoms with Gasteiger partial charge in [0.05, 0.1) is 19.1 Å². The van der Waals surface area contributed by atoms with Gasteiger partial charge in [-0.1, -0.05) is 165 Å². The van der Waals surface area contributed by atoms with Crippen LogP contribution in [0.15, 0.2) is 0 Å². The lowest BCUT2D eigenvalue weighted by molar-refractivity contribution is -0.171. The second-order valence-electron chi connectivity index (χ2n) is 47.1. The first-order valence-corrected chi connectivity index (χ1v) is 52.3. The maximum absolute atomic E-state index is 12.6. The first-order chi connectivity index (χ1) is 56.6. The summed E-state index contributed by atoms with van der Waals surface area (Å²) in [7, 11) is 5.82. The molecule has 12 nitrogen and oxygen atoms in total. The van der Waals surface area contributed by atoms with Crippen LogP contribution >= 0.6 is 0 Å². The number of likely N-dealkylation sites (tertiary alicyclic amines) is 8. The minimum Gasteiger partial charge on any atom is -0.384 e. The van der Waals surface area contributed by atoms with E-state index in [1.54, 1.807) is 7.11 Å². The van der Waals surface area contributed by atoms with E-state index in [1.807, 2.05) is 39.7 Å². The third-order valence-corrected chi connectivity index (χ3v) is 31.5. The molecule has 11 aliphatic rings. The van der Waals surface area contributed by atoms with Crippen LogP contribution in [0.4, 0.5) is 13.2 Å². The fourth-order valence-electron chi connectivity index (χ4n) is 25.9. The summed E-state index contributed by atoms with van der Waals surface area (Å²) in [5.74, 6) is 11.1. The fraction of sp³-hybridized carbons (Fsp3) is 1.00. The number of fused-ring (bicyclic) bond motifs is 2. The van der Waals surface area contributed by atoms with Gasteiger partial charge < -0.3 is 9.47 Å². The first-order valence-electron chi connectivity index (χ1n) is 52.3. The van der Waals surface area contributed by atoms with Crippen LogP contribution in [0.3, 0.4) is 0 Å². The van der Waals surface area contributed by atoms with Gasteiger partial charge in [-0.3, -0.25) is 39.2 Å². The van der Waals surface area contributed by atoms with Crippen LogP contribution < -0.4 is 0 Å². The van der Waals surface area contributed by atoms with Gasteiger partial charge in [-0.2, -0.15) is 13.2 Å². The monoisotopic (exact) mass is 1730 g/mol. The van der Waals surface area contributed by atoms with E-state index in [-0.39, 0.29) is 25.0 Å². The summed E-state index contributed by atoms with van der Waals surface area (Å²) in [5.41, 5.74) is 0. The number of hydrogen-bond donors (Lipinski definition) is 0. The molecule has 9 heterocycles. The van der Waals surface area contributed by atoms with E-state index in [1.165, 1.54) is 122 Å². The minimum absolute atomic E-state index is 0.0802. The highest BCUT2D eigenvalue weighted by molar-refractivity contribution is 5.06. The molecule has 0 N–H and O–H groups in total. The smallest absolute Gasteiger partial charge is 0.384 e. The highest BCUT2D eigenvalue weighted by Gasteiger charge is 2.54. The molecule has 9 aliphatic heterocycles. The standard InChI is InChI=1S/C13H27NO.C13H25N.2C13H27N.C12H25NO.C11H20F3N.C11H21N.C11H23N.C10H22N2/c1-9(2)13-7-12(8-15-6)11(5)14(13)10(3)4;1-9(2)13-8-11-6-5-7-12(11)14(13)10(3)4;1-9(2)12-7-8-13(10(3)4)14(12)11(5)6;1-6-7-12-8-9-13(10(2)3)14(12)11(4)5;1-9(2)12-7-6-11(8-14-5)13(12)10(3)4;1-7(2)10-5-9(11(12,13)14)6-15(10)8(3)4;1-7(2)11-10-5-9(10)6-12(11)8(3)4;1-8(2)11-10(5)6-7-12(11)9(3)4;1-8(2)10-6-7-11(5)12(10)9(3)4/h9-13H,7-8H2,1-6H3;9-13H,5-8H2,1-4H3;9-13H,7-8H2,1-6H3;10-13H,6-9H2,1-5H3;9-12H,6-8H2,1-5H3;7-10H,5-6H2,1-4H3;7-11H,5-6H2,1-4H3;8-11H,6-7H2,1-5H3;8-10H,6-7H2,1-5H3/t2*11?,12?,13-;12-,13?;12?,13-;11?,12-;9?,10-;9?,10?,11-;10?,11-;10-/m000000110/s1. The van der Waals surface area contributed by atoms with Gasteiger partial charge >= 0.3 is 6.18 Å². The minimum atomic E-state index is -4.03. The summed E-state index contributed by atoms with van der Waals surface area (Å²) in [6, 6.07) is 16.3. The van der Waals surface area contributed by atoms with Gasteiger partial charge in [0.1, 0.15) is 0 Å². The molecular formula is C107H217F3N10O2. The van der Waals surface area contributed by atoms with E-state index in [9.17, 15) is 13.2 Å². The van der Waals surface area contributed by atoms with Gasteiger partial charge in [0.2, 0.25) is 0 Å². The molecule has 2 saturated carbocycles. The highest BCUT2D eigenvalue weighted by Crippen LogP contribution is 2.53. The van der Waals surface area contributed by atoms with Crippen LogP contribution in [0, 0.1) is 94.7 Å². The molecular weight excluding hydrogens is 1510 g/mol. The third-order valence-electron chi connectivity index (χ3n) is 31.5. The van der Waals surface area contributed by atoms with Crippen molar-refractivity contribution in [1.29, 1.82) is 0 Å². The number of hydrazine groups is 1. The van der Waals surface area contributed by atoms with Crippen molar-refractivity contribution in [2.75, 3.05) is 60.7 Å². The summed E-state index contributed by atoms with van der Waals surface area (Å²) >= 11 is 0. The molecule has 11 rings (SSSR count). The average molecular weight is 1730 g/mol. The van der Waals surface area contributed by atoms with E-state index in [4.69, 9.17) is 9.47 Å². The zero-order valence-corrected chi connectivity index (χ0v) is 89.7. The Morgan fingerprint density at radius 3 is 1.11 bits per heavy atom. The van der Waals surface area contributed by atoms with Crippen molar-refractivity contribution >= 4 is 0 Å². The van der Waals surface area contributed by atoms with Gasteiger partial charge in [0.15, 0.2) is 0 Å². The summed E-state index contributed by atoms with van der Waals surface area (Å²) in [5, 5.41) is 4.89. The second kappa shape index (κ2) is 54.5. The topological polar surface area (TPSA) is 50.9 Å². The molecule has 122 heavy (non-hydrogen) atoms. The number of ether oxygens (including phenoxy) is 2. The molecule has 0 aromatic heterocycles. The molecule has 0 radical (unpaired) electrons. The van der Waals surface area contributed by atoms with Crippen molar-refractivity contribution in [2.45, 2.75) is 538 Å². The normalized spacial score (nSPS) is 32.2. The van der Waals surface area contributed by atoms with E-state index >= 15 is 0 Å². The Morgan fingerprint density at radius 2 is 0.754 bits per heavy atom. The Hall–Kier alpha value is -0.690. The quantitative estimate of drug-likeness (QED) is 0.0875. The average Bonchev–Trinajstić information content (AvgIpc) is 1.58. The predicted molar refractivity (Wildman–Crippen MR) is 528 cm³/mol. The summed E-state index contributed by atoms with van der Waals surface area (Å²) < 4.78 is 48.4. The molecule has 11 unspecified atom stereocenters. The maximum atomic E-state index is 12.6. The molecule has 15 heteroatoms. The van der Waals surface area contributed by atoms with Crippen LogP contribution in [0.5, 0.6) is 0 Å². The number of hydrogen-bond acceptors (Lipinski definition) is 12. The third kappa shape index (κ3) is 33.5. The largest absolute Gasteiger partial charge is 0.393 e. The van der Waals surface area contributed by atoms with Crippen molar-refractivity contribution in [1.82, 2.24) is 49.2 Å². The Kier molecular flexibility index (Phi) is 51.6. The van der Waals surface area contributed by atoms with Crippen LogP contribution in [-0.2, 0) is 9.47 Å². The Morgan fingerprint density at radius 1 is 0.336 bits per heavy atom. The van der Waals surface area contributed by atoms with Gasteiger partial charge in [0, 0.05) is 180 Å². The lowest BCUT2D eigenvalue weighted by atomic mass is 9.92. The van der Waals surface area contributed by atoms with E-state index in [2.05, 4.69) is 308 Å². The van der Waals surface area contributed by atoms with Crippen LogP contribution in [-0.4, -0.2) is 255 Å². The number of methoxy groups -OCH3 is 2. The lowest BCUT2D eigenvalue weighted by Crippen LogP contribution is -2.45. The zero-order chi connectivity index (χ0) is 93.5. The first kappa shape index (κ1) is 115.